The van der Waals surface area contributed by atoms with Crippen molar-refractivity contribution in [2.45, 2.75) is 0 Å². The molecule has 0 radical (unpaired) electrons. The monoisotopic (exact) mass is 264 g/mol. The van der Waals surface area contributed by atoms with Gasteiger partial charge in [0.05, 0.1) is 0 Å². The number of hydrogen-bond donors (Lipinski definition) is 1. The predicted molar refractivity (Wildman–Crippen MR) is 66.1 cm³/mol. The average Bonchev–Trinajstić information content (AvgIpc) is 2.68. The summed E-state index contributed by atoms with van der Waals surface area (Å²) >= 11 is 5.72. The van der Waals surface area contributed by atoms with Crippen LogP contribution in [0, 0.1) is 0 Å². The molecule has 0 atom stereocenters. The number of hydrogen-bond acceptors (Lipinski definition) is 4. The number of ketones is 1. The third kappa shape index (κ3) is 2.60. The Balaban J connectivity index is 2.15. The lowest BCUT2D eigenvalue weighted by Gasteiger charge is -1.95. The van der Waals surface area contributed by atoms with Crippen LogP contribution in [0.4, 0.5) is 0 Å². The van der Waals surface area contributed by atoms with Crippen molar-refractivity contribution in [3.63, 3.8) is 0 Å². The number of rotatable bonds is 3. The molecule has 92 valence electrons. The quantitative estimate of drug-likeness (QED) is 0.517. The number of allylic oxidation sites excluding steroid dienone is 1. The number of aliphatic hydroxyl groups excluding tert-OH is 1. The molecule has 1 aromatic carbocycles. The van der Waals surface area contributed by atoms with E-state index in [1.54, 1.807) is 24.3 Å². The Labute approximate surface area is 108 Å². The van der Waals surface area contributed by atoms with Crippen molar-refractivity contribution < 1.29 is 19.4 Å². The van der Waals surface area contributed by atoms with E-state index in [4.69, 9.17) is 11.6 Å². The second-order valence-electron chi connectivity index (χ2n) is 3.65. The third-order valence-electron chi connectivity index (χ3n) is 2.38. The van der Waals surface area contributed by atoms with Gasteiger partial charge in [-0.2, -0.15) is 0 Å². The van der Waals surface area contributed by atoms with Crippen molar-refractivity contribution in [2.24, 2.45) is 0 Å². The van der Waals surface area contributed by atoms with Crippen LogP contribution in [0.15, 0.2) is 41.7 Å². The second kappa shape index (κ2) is 5.06. The molecule has 0 amide bonds. The van der Waals surface area contributed by atoms with Gasteiger partial charge in [0.2, 0.25) is 0 Å². The molecule has 0 saturated carbocycles. The van der Waals surface area contributed by atoms with Crippen molar-refractivity contribution in [2.75, 3.05) is 6.61 Å². The molecule has 1 heterocycles. The van der Waals surface area contributed by atoms with Crippen LogP contribution in [0.1, 0.15) is 5.56 Å². The highest BCUT2D eigenvalue weighted by molar-refractivity contribution is 6.30. The minimum absolute atomic E-state index is 0.241. The van der Waals surface area contributed by atoms with Gasteiger partial charge >= 0.3 is 5.97 Å². The molecular weight excluding hydrogens is 256 g/mol. The van der Waals surface area contributed by atoms with Gasteiger partial charge in [0.25, 0.3) is 0 Å². The van der Waals surface area contributed by atoms with Crippen molar-refractivity contribution in [1.82, 2.24) is 0 Å². The van der Waals surface area contributed by atoms with E-state index in [-0.39, 0.29) is 17.9 Å². The molecule has 4 nitrogen and oxygen atoms in total. The van der Waals surface area contributed by atoms with Gasteiger partial charge in [-0.25, -0.2) is 4.79 Å². The molecule has 0 unspecified atom stereocenters. The van der Waals surface area contributed by atoms with Gasteiger partial charge in [-0.3, -0.25) is 4.79 Å². The van der Waals surface area contributed by atoms with Gasteiger partial charge in [0.1, 0.15) is 17.9 Å². The molecule has 1 aromatic rings. The summed E-state index contributed by atoms with van der Waals surface area (Å²) in [4.78, 5) is 22.8. The normalized spacial score (nSPS) is 15.3. The van der Waals surface area contributed by atoms with Crippen molar-refractivity contribution >= 4 is 29.4 Å². The maximum Gasteiger partial charge on any atom is 0.346 e. The highest BCUT2D eigenvalue weighted by atomic mass is 35.5. The topological polar surface area (TPSA) is 63.6 Å². The molecule has 18 heavy (non-hydrogen) atoms. The Morgan fingerprint density at radius 3 is 2.56 bits per heavy atom. The summed E-state index contributed by atoms with van der Waals surface area (Å²) in [5.41, 5.74) is 0.458. The van der Waals surface area contributed by atoms with Gasteiger partial charge in [0, 0.05) is 5.02 Å². The lowest BCUT2D eigenvalue weighted by atomic mass is 10.1. The number of aliphatic hydroxyl groups is 1. The van der Waals surface area contributed by atoms with E-state index >= 15 is 0 Å². The Morgan fingerprint density at radius 2 is 2.00 bits per heavy atom. The Kier molecular flexibility index (Phi) is 3.48. The molecule has 0 saturated heterocycles. The van der Waals surface area contributed by atoms with E-state index < -0.39 is 11.8 Å². The largest absolute Gasteiger partial charge is 0.508 e. The maximum absolute atomic E-state index is 11.7. The molecule has 5 heteroatoms. The van der Waals surface area contributed by atoms with Crippen LogP contribution in [0.2, 0.25) is 5.02 Å². The van der Waals surface area contributed by atoms with Gasteiger partial charge < -0.3 is 9.84 Å². The highest BCUT2D eigenvalue weighted by Crippen LogP contribution is 2.16. The Hall–Kier alpha value is -2.07. The fraction of sp³-hybridized carbons (Fsp3) is 0.0769. The van der Waals surface area contributed by atoms with E-state index in [0.717, 1.165) is 5.56 Å². The van der Waals surface area contributed by atoms with Crippen LogP contribution < -0.4 is 0 Å². The van der Waals surface area contributed by atoms with Gasteiger partial charge in [-0.15, -0.1) is 0 Å². The van der Waals surface area contributed by atoms with Gasteiger partial charge in [0.15, 0.2) is 5.78 Å². The number of benzene rings is 1. The second-order valence-corrected chi connectivity index (χ2v) is 4.08. The first-order chi connectivity index (χ1) is 8.58. The van der Waals surface area contributed by atoms with Crippen LogP contribution in [0.5, 0.6) is 0 Å². The lowest BCUT2D eigenvalue weighted by Crippen LogP contribution is -2.08. The third-order valence-corrected chi connectivity index (χ3v) is 2.63. The van der Waals surface area contributed by atoms with Crippen molar-refractivity contribution in [3.05, 3.63) is 52.3 Å². The van der Waals surface area contributed by atoms with E-state index in [1.807, 2.05) is 0 Å². The Bertz CT molecular complexity index is 555. The van der Waals surface area contributed by atoms with E-state index in [2.05, 4.69) is 4.74 Å². The summed E-state index contributed by atoms with van der Waals surface area (Å²) in [5, 5.41) is 9.92. The molecule has 0 aliphatic carbocycles. The molecule has 0 bridgehead atoms. The lowest BCUT2D eigenvalue weighted by molar-refractivity contribution is -0.137. The summed E-state index contributed by atoms with van der Waals surface area (Å²) in [7, 11) is 0. The zero-order chi connectivity index (χ0) is 13.1. The van der Waals surface area contributed by atoms with Gasteiger partial charge in [-0.1, -0.05) is 29.8 Å². The molecule has 0 spiro atoms. The van der Waals surface area contributed by atoms with Crippen LogP contribution in [-0.2, 0) is 14.3 Å². The Morgan fingerprint density at radius 1 is 1.33 bits per heavy atom. The summed E-state index contributed by atoms with van der Waals surface area (Å²) in [6, 6.07) is 6.83. The molecule has 0 fully saturated rings. The number of cyclic esters (lactones) is 1. The average molecular weight is 265 g/mol. The summed E-state index contributed by atoms with van der Waals surface area (Å²) in [5.74, 6) is -1.70. The predicted octanol–water partition coefficient (Wildman–Crippen LogP) is 2.29. The van der Waals surface area contributed by atoms with Crippen molar-refractivity contribution in [1.29, 1.82) is 0 Å². The number of carbonyl (C=O) groups is 2. The zero-order valence-corrected chi connectivity index (χ0v) is 9.98. The molecule has 1 N–H and O–H groups in total. The number of halogens is 1. The number of esters is 1. The molecule has 2 rings (SSSR count). The minimum Gasteiger partial charge on any atom is -0.508 e. The first-order valence-electron chi connectivity index (χ1n) is 5.15. The van der Waals surface area contributed by atoms with Crippen molar-refractivity contribution in [3.8, 4) is 0 Å². The maximum atomic E-state index is 11.7. The van der Waals surface area contributed by atoms with E-state index in [9.17, 15) is 14.7 Å². The fourth-order valence-corrected chi connectivity index (χ4v) is 1.59. The smallest absolute Gasteiger partial charge is 0.346 e. The summed E-state index contributed by atoms with van der Waals surface area (Å²) in [6.45, 7) is -0.241. The molecule has 1 aliphatic rings. The van der Waals surface area contributed by atoms with Crippen LogP contribution in [-0.4, -0.2) is 23.5 Å². The minimum atomic E-state index is -0.793. The van der Waals surface area contributed by atoms with E-state index in [1.165, 1.54) is 12.2 Å². The first-order valence-corrected chi connectivity index (χ1v) is 5.53. The molecule has 1 aliphatic heterocycles. The summed E-state index contributed by atoms with van der Waals surface area (Å²) < 4.78 is 4.53. The first kappa shape index (κ1) is 12.4. The number of ether oxygens (including phenoxy) is 1. The molecular formula is C13H9ClO4. The summed E-state index contributed by atoms with van der Waals surface area (Å²) in [6.07, 6.45) is 2.74. The van der Waals surface area contributed by atoms with Crippen LogP contribution in [0.25, 0.3) is 6.08 Å². The SMILES string of the molecule is O=C(/C=C/c1ccc(Cl)cc1)C1=C(O)COC1=O. The van der Waals surface area contributed by atoms with Crippen LogP contribution in [0.3, 0.4) is 0 Å². The fourth-order valence-electron chi connectivity index (χ4n) is 1.47. The standard InChI is InChI=1S/C13H9ClO4/c14-9-4-1-8(2-5-9)3-6-10(15)12-11(16)7-18-13(12)17/h1-6,16H,7H2/b6-3+. The molecule has 0 aromatic heterocycles. The van der Waals surface area contributed by atoms with Gasteiger partial charge in [-0.05, 0) is 23.8 Å². The van der Waals surface area contributed by atoms with Crippen LogP contribution >= 0.6 is 11.6 Å². The number of carbonyl (C=O) groups excluding carboxylic acids is 2. The van der Waals surface area contributed by atoms with E-state index in [0.29, 0.717) is 5.02 Å². The highest BCUT2D eigenvalue weighted by Gasteiger charge is 2.29. The zero-order valence-electron chi connectivity index (χ0n) is 9.22.